The third-order valence-corrected chi connectivity index (χ3v) is 8.05. The topological polar surface area (TPSA) is 0 Å². The van der Waals surface area contributed by atoms with Crippen LogP contribution in [0.3, 0.4) is 0 Å². The van der Waals surface area contributed by atoms with Gasteiger partial charge in [0.1, 0.15) is 0 Å². The summed E-state index contributed by atoms with van der Waals surface area (Å²) in [5.41, 5.74) is 0. The predicted octanol–water partition coefficient (Wildman–Crippen LogP) is 2.70. The molecule has 0 bridgehead atoms. The molecule has 0 aliphatic heterocycles. The van der Waals surface area contributed by atoms with Crippen molar-refractivity contribution in [3.8, 4) is 0 Å². The van der Waals surface area contributed by atoms with Crippen LogP contribution >= 0.6 is 7.26 Å². The van der Waals surface area contributed by atoms with E-state index in [1.807, 2.05) is 0 Å². The standard InChI is InChI=1S/C8H20P.B/c1-5-9(6-2,7-3)8-4;/h5-8H2,1-4H3;/q+1;-1. The first-order chi connectivity index (χ1) is 4.24. The van der Waals surface area contributed by atoms with E-state index in [4.69, 9.17) is 0 Å². The summed E-state index contributed by atoms with van der Waals surface area (Å²) in [6.45, 7) is 9.41. The summed E-state index contributed by atoms with van der Waals surface area (Å²) < 4.78 is 0. The van der Waals surface area contributed by atoms with Gasteiger partial charge in [-0.1, -0.05) is 0 Å². The molecule has 0 amide bonds. The minimum absolute atomic E-state index is 0. The number of hydrogen-bond donors (Lipinski definition) is 0. The van der Waals surface area contributed by atoms with E-state index in [0.717, 1.165) is 0 Å². The van der Waals surface area contributed by atoms with Gasteiger partial charge < -0.3 is 8.41 Å². The van der Waals surface area contributed by atoms with Gasteiger partial charge in [0.15, 0.2) is 0 Å². The van der Waals surface area contributed by atoms with Gasteiger partial charge in [-0.05, 0) is 27.7 Å². The molecule has 0 aromatic heterocycles. The average Bonchev–Trinajstić information content (AvgIpc) is 1.95. The Morgan fingerprint density at radius 2 is 0.900 bits per heavy atom. The van der Waals surface area contributed by atoms with Crippen LogP contribution in [-0.4, -0.2) is 33.1 Å². The monoisotopic (exact) mass is 158 g/mol. The van der Waals surface area contributed by atoms with Crippen LogP contribution < -0.4 is 0 Å². The highest BCUT2D eigenvalue weighted by Crippen LogP contribution is 2.57. The van der Waals surface area contributed by atoms with E-state index >= 15 is 0 Å². The van der Waals surface area contributed by atoms with E-state index in [0.29, 0.717) is 0 Å². The Hall–Kier alpha value is 0.495. The van der Waals surface area contributed by atoms with Gasteiger partial charge in [-0.3, -0.25) is 0 Å². The minimum Gasteiger partial charge on any atom is -1.00 e. The van der Waals surface area contributed by atoms with Gasteiger partial charge in [0.25, 0.3) is 0 Å². The second kappa shape index (κ2) is 6.22. The summed E-state index contributed by atoms with van der Waals surface area (Å²) >= 11 is 0. The molecule has 0 aromatic rings. The zero-order valence-electron chi connectivity index (χ0n) is 7.85. The third-order valence-electron chi connectivity index (χ3n) is 2.68. The molecule has 0 atom stereocenters. The highest BCUT2D eigenvalue weighted by Gasteiger charge is 2.27. The lowest BCUT2D eigenvalue weighted by molar-refractivity contribution is 1.25. The molecule has 4 radical (unpaired) electrons. The summed E-state index contributed by atoms with van der Waals surface area (Å²) in [5, 5.41) is 0. The van der Waals surface area contributed by atoms with E-state index in [2.05, 4.69) is 27.7 Å². The fourth-order valence-electron chi connectivity index (χ4n) is 1.34. The Bertz CT molecular complexity index is 52.1. The van der Waals surface area contributed by atoms with Crippen molar-refractivity contribution in [1.82, 2.24) is 0 Å². The molecule has 0 rings (SSSR count). The molecule has 2 heteroatoms. The molecule has 60 valence electrons. The van der Waals surface area contributed by atoms with E-state index in [-0.39, 0.29) is 8.41 Å². The summed E-state index contributed by atoms with van der Waals surface area (Å²) in [5.74, 6) is 0. The lowest BCUT2D eigenvalue weighted by Crippen LogP contribution is -2.04. The van der Waals surface area contributed by atoms with Crippen molar-refractivity contribution < 1.29 is 0 Å². The van der Waals surface area contributed by atoms with Gasteiger partial charge in [0.2, 0.25) is 0 Å². The normalized spacial score (nSPS) is 10.8. The molecule has 0 saturated carbocycles. The van der Waals surface area contributed by atoms with Gasteiger partial charge >= 0.3 is 0 Å². The minimum atomic E-state index is -0.420. The molecule has 0 unspecified atom stereocenters. The Balaban J connectivity index is 0. The van der Waals surface area contributed by atoms with Crippen LogP contribution in [0.1, 0.15) is 27.7 Å². The third kappa shape index (κ3) is 3.06. The quantitative estimate of drug-likeness (QED) is 0.435. The van der Waals surface area contributed by atoms with E-state index in [1.165, 1.54) is 24.6 Å². The van der Waals surface area contributed by atoms with Crippen LogP contribution in [-0.2, 0) is 0 Å². The maximum absolute atomic E-state index is 2.35. The summed E-state index contributed by atoms with van der Waals surface area (Å²) in [7, 11) is -0.420. The molecule has 0 nitrogen and oxygen atoms in total. The fourth-order valence-corrected chi connectivity index (χ4v) is 4.02. The molecule has 0 fully saturated rings. The van der Waals surface area contributed by atoms with Crippen LogP contribution in [0.4, 0.5) is 0 Å². The SMILES string of the molecule is CC[P+](CC)(CC)CC.[B-]. The molecule has 0 N–H and O–H groups in total. The fraction of sp³-hybridized carbons (Fsp3) is 1.00. The van der Waals surface area contributed by atoms with Gasteiger partial charge in [-0.15, -0.1) is 0 Å². The Morgan fingerprint density at radius 3 is 0.900 bits per heavy atom. The van der Waals surface area contributed by atoms with Gasteiger partial charge in [0.05, 0.1) is 24.6 Å². The predicted molar refractivity (Wildman–Crippen MR) is 54.8 cm³/mol. The molecule has 0 saturated heterocycles. The number of rotatable bonds is 4. The van der Waals surface area contributed by atoms with Crippen LogP contribution in [0.5, 0.6) is 0 Å². The average molecular weight is 158 g/mol. The molecule has 0 heterocycles. The zero-order chi connectivity index (χ0) is 7.33. The lowest BCUT2D eigenvalue weighted by Gasteiger charge is -2.20. The maximum atomic E-state index is 2.35. The second-order valence-corrected chi connectivity index (χ2v) is 7.82. The lowest BCUT2D eigenvalue weighted by atomic mass is 10.8. The van der Waals surface area contributed by atoms with Crippen molar-refractivity contribution in [2.24, 2.45) is 0 Å². The van der Waals surface area contributed by atoms with Crippen molar-refractivity contribution in [2.45, 2.75) is 27.7 Å². The molecular weight excluding hydrogens is 138 g/mol. The first kappa shape index (κ1) is 13.1. The maximum Gasteiger partial charge on any atom is 0.0565 e. The van der Waals surface area contributed by atoms with Gasteiger partial charge in [0, 0.05) is 7.26 Å². The molecule has 0 spiro atoms. The molecule has 0 aromatic carbocycles. The zero-order valence-corrected chi connectivity index (χ0v) is 8.75. The molecule has 0 aliphatic carbocycles. The second-order valence-electron chi connectivity index (χ2n) is 2.61. The van der Waals surface area contributed by atoms with Crippen LogP contribution in [0.25, 0.3) is 0 Å². The van der Waals surface area contributed by atoms with Crippen LogP contribution in [0.2, 0.25) is 0 Å². The van der Waals surface area contributed by atoms with Crippen molar-refractivity contribution in [1.29, 1.82) is 0 Å². The van der Waals surface area contributed by atoms with Crippen LogP contribution in [0, 0.1) is 0 Å². The Labute approximate surface area is 68.7 Å². The Morgan fingerprint density at radius 1 is 0.700 bits per heavy atom. The highest BCUT2D eigenvalue weighted by molar-refractivity contribution is 7.75. The van der Waals surface area contributed by atoms with Crippen molar-refractivity contribution in [2.75, 3.05) is 24.6 Å². The van der Waals surface area contributed by atoms with Crippen molar-refractivity contribution >= 4 is 15.7 Å². The summed E-state index contributed by atoms with van der Waals surface area (Å²) in [6, 6.07) is 0. The van der Waals surface area contributed by atoms with E-state index in [9.17, 15) is 0 Å². The number of hydrogen-bond acceptors (Lipinski definition) is 0. The smallest absolute Gasteiger partial charge is 0.0565 e. The van der Waals surface area contributed by atoms with Crippen molar-refractivity contribution in [3.05, 3.63) is 0 Å². The van der Waals surface area contributed by atoms with Gasteiger partial charge in [-0.2, -0.15) is 0 Å². The van der Waals surface area contributed by atoms with Crippen molar-refractivity contribution in [3.63, 3.8) is 0 Å². The highest BCUT2D eigenvalue weighted by atomic mass is 31.2. The summed E-state index contributed by atoms with van der Waals surface area (Å²) in [4.78, 5) is 0. The Kier molecular flexibility index (Phi) is 8.16. The van der Waals surface area contributed by atoms with Crippen LogP contribution in [0.15, 0.2) is 0 Å². The molecule has 10 heavy (non-hydrogen) atoms. The first-order valence-electron chi connectivity index (χ1n) is 4.09. The van der Waals surface area contributed by atoms with E-state index < -0.39 is 7.26 Å². The van der Waals surface area contributed by atoms with Gasteiger partial charge in [-0.25, -0.2) is 0 Å². The molecular formula is C8H20BP. The molecule has 0 aliphatic rings. The first-order valence-corrected chi connectivity index (χ1v) is 6.62. The largest absolute Gasteiger partial charge is 1.00 e. The summed E-state index contributed by atoms with van der Waals surface area (Å²) in [6.07, 6.45) is 5.82. The van der Waals surface area contributed by atoms with E-state index in [1.54, 1.807) is 0 Å².